The smallest absolute Gasteiger partial charge is 0.337 e. The molecule has 0 unspecified atom stereocenters. The fraction of sp³-hybridized carbons (Fsp3) is 0.111. The molecule has 0 aliphatic rings. The third kappa shape index (κ3) is 15.5. The standard InChI is InChI=1S/C7H8O4.C2H2Cl2/c1-5(7(10)11-2)3-4-6(8)9;1-2(3)4/h3-4H,1H2,2H3,(H,8,9);1H2. The Balaban J connectivity index is 0. The molecule has 4 nitrogen and oxygen atoms in total. The van der Waals surface area contributed by atoms with Crippen molar-refractivity contribution in [3.63, 3.8) is 0 Å². The molecule has 0 radical (unpaired) electrons. The minimum atomic E-state index is -1.13. The molecule has 0 amide bonds. The topological polar surface area (TPSA) is 63.6 Å². The molecule has 0 heterocycles. The SMILES string of the molecule is C=C(C=CC(=O)O)C(=O)OC.C=C(Cl)Cl. The summed E-state index contributed by atoms with van der Waals surface area (Å²) >= 11 is 9.69. The second-order valence-corrected chi connectivity index (χ2v) is 3.13. The van der Waals surface area contributed by atoms with E-state index >= 15 is 0 Å². The van der Waals surface area contributed by atoms with Gasteiger partial charge in [-0.2, -0.15) is 0 Å². The van der Waals surface area contributed by atoms with Gasteiger partial charge in [0.05, 0.1) is 17.2 Å². The molecule has 0 saturated heterocycles. The van der Waals surface area contributed by atoms with Crippen LogP contribution in [-0.2, 0) is 14.3 Å². The average Bonchev–Trinajstić information content (AvgIpc) is 2.11. The molecule has 84 valence electrons. The van der Waals surface area contributed by atoms with Crippen LogP contribution in [0.2, 0.25) is 0 Å². The summed E-state index contributed by atoms with van der Waals surface area (Å²) in [5.74, 6) is -1.77. The van der Waals surface area contributed by atoms with Gasteiger partial charge in [0.15, 0.2) is 0 Å². The Morgan fingerprint density at radius 2 is 1.67 bits per heavy atom. The lowest BCUT2D eigenvalue weighted by Crippen LogP contribution is -2.01. The van der Waals surface area contributed by atoms with Gasteiger partial charge in [-0.25, -0.2) is 9.59 Å². The first-order valence-electron chi connectivity index (χ1n) is 3.49. The summed E-state index contributed by atoms with van der Waals surface area (Å²) in [6.45, 7) is 6.36. The van der Waals surface area contributed by atoms with E-state index in [4.69, 9.17) is 28.3 Å². The number of halogens is 2. The van der Waals surface area contributed by atoms with E-state index in [0.29, 0.717) is 0 Å². The van der Waals surface area contributed by atoms with Crippen molar-refractivity contribution in [2.24, 2.45) is 0 Å². The molecule has 0 atom stereocenters. The number of carbonyl (C=O) groups excluding carboxylic acids is 1. The van der Waals surface area contributed by atoms with Crippen LogP contribution in [0, 0.1) is 0 Å². The summed E-state index contributed by atoms with van der Waals surface area (Å²) < 4.78 is 4.37. The monoisotopic (exact) mass is 252 g/mol. The normalized spacial score (nSPS) is 8.73. The highest BCUT2D eigenvalue weighted by molar-refractivity contribution is 6.55. The fourth-order valence-electron chi connectivity index (χ4n) is 0.371. The lowest BCUT2D eigenvalue weighted by Gasteiger charge is -1.94. The van der Waals surface area contributed by atoms with E-state index < -0.39 is 11.9 Å². The van der Waals surface area contributed by atoms with Crippen LogP contribution in [0.5, 0.6) is 0 Å². The Labute approximate surface area is 97.4 Å². The molecule has 0 bridgehead atoms. The lowest BCUT2D eigenvalue weighted by atomic mass is 10.3. The zero-order valence-corrected chi connectivity index (χ0v) is 9.51. The third-order valence-electron chi connectivity index (χ3n) is 0.875. The highest BCUT2D eigenvalue weighted by atomic mass is 35.5. The minimum absolute atomic E-state index is 0.00917. The van der Waals surface area contributed by atoms with Crippen molar-refractivity contribution >= 4 is 35.1 Å². The Bertz CT molecular complexity index is 290. The van der Waals surface area contributed by atoms with E-state index in [1.165, 1.54) is 7.11 Å². The first kappa shape index (κ1) is 16.2. The minimum Gasteiger partial charge on any atom is -0.478 e. The van der Waals surface area contributed by atoms with Gasteiger partial charge in [-0.05, 0) is 6.08 Å². The molecule has 0 aromatic heterocycles. The van der Waals surface area contributed by atoms with Crippen molar-refractivity contribution in [3.05, 3.63) is 35.4 Å². The Morgan fingerprint density at radius 1 is 1.27 bits per heavy atom. The van der Waals surface area contributed by atoms with Crippen molar-refractivity contribution in [3.8, 4) is 0 Å². The molecule has 0 aromatic rings. The van der Waals surface area contributed by atoms with Crippen molar-refractivity contribution < 1.29 is 19.4 Å². The first-order valence-corrected chi connectivity index (χ1v) is 4.25. The summed E-state index contributed by atoms with van der Waals surface area (Å²) in [6, 6.07) is 0. The predicted molar refractivity (Wildman–Crippen MR) is 58.8 cm³/mol. The van der Waals surface area contributed by atoms with E-state index in [1.54, 1.807) is 0 Å². The second-order valence-electron chi connectivity index (χ2n) is 2.03. The molecule has 1 N–H and O–H groups in total. The highest BCUT2D eigenvalue weighted by Gasteiger charge is 2.01. The van der Waals surface area contributed by atoms with Crippen molar-refractivity contribution in [2.75, 3.05) is 7.11 Å². The maximum Gasteiger partial charge on any atom is 0.337 e. The van der Waals surface area contributed by atoms with Crippen molar-refractivity contribution in [1.82, 2.24) is 0 Å². The largest absolute Gasteiger partial charge is 0.478 e. The fourth-order valence-corrected chi connectivity index (χ4v) is 0.371. The maximum atomic E-state index is 10.6. The molecule has 0 rings (SSSR count). The van der Waals surface area contributed by atoms with Crippen LogP contribution < -0.4 is 0 Å². The van der Waals surface area contributed by atoms with Crippen LogP contribution in [0.4, 0.5) is 0 Å². The number of hydrogen-bond acceptors (Lipinski definition) is 3. The number of esters is 1. The molecule has 0 fully saturated rings. The highest BCUT2D eigenvalue weighted by Crippen LogP contribution is 1.98. The zero-order valence-electron chi connectivity index (χ0n) is 8.00. The number of carbonyl (C=O) groups is 2. The molecule has 0 spiro atoms. The summed E-state index contributed by atoms with van der Waals surface area (Å²) in [6.07, 6.45) is 1.90. The summed E-state index contributed by atoms with van der Waals surface area (Å²) in [5.41, 5.74) is 0.00917. The van der Waals surface area contributed by atoms with Gasteiger partial charge in [0, 0.05) is 6.08 Å². The average molecular weight is 253 g/mol. The second kappa shape index (κ2) is 9.30. The molecule has 0 saturated carbocycles. The van der Waals surface area contributed by atoms with Gasteiger partial charge in [0.25, 0.3) is 0 Å². The number of methoxy groups -OCH3 is 1. The van der Waals surface area contributed by atoms with Gasteiger partial charge >= 0.3 is 11.9 Å². The molecule has 15 heavy (non-hydrogen) atoms. The number of aliphatic carboxylic acids is 1. The number of ether oxygens (including phenoxy) is 1. The van der Waals surface area contributed by atoms with Gasteiger partial charge in [0.2, 0.25) is 0 Å². The van der Waals surface area contributed by atoms with Crippen LogP contribution in [0.3, 0.4) is 0 Å². The molecule has 6 heteroatoms. The zero-order chi connectivity index (χ0) is 12.4. The van der Waals surface area contributed by atoms with Crippen LogP contribution in [0.15, 0.2) is 35.4 Å². The van der Waals surface area contributed by atoms with Gasteiger partial charge in [0.1, 0.15) is 0 Å². The van der Waals surface area contributed by atoms with Crippen LogP contribution in [0.25, 0.3) is 0 Å². The quantitative estimate of drug-likeness (QED) is 0.476. The molecule has 0 aliphatic heterocycles. The van der Waals surface area contributed by atoms with E-state index in [1.807, 2.05) is 0 Å². The van der Waals surface area contributed by atoms with E-state index in [0.717, 1.165) is 12.2 Å². The lowest BCUT2D eigenvalue weighted by molar-refractivity contribution is -0.135. The summed E-state index contributed by atoms with van der Waals surface area (Å²) in [7, 11) is 1.20. The Kier molecular flexibility index (Phi) is 10.0. The van der Waals surface area contributed by atoms with Crippen LogP contribution in [0.1, 0.15) is 0 Å². The molecule has 0 aliphatic carbocycles. The van der Waals surface area contributed by atoms with E-state index in [-0.39, 0.29) is 10.1 Å². The predicted octanol–water partition coefficient (Wildman–Crippen LogP) is 2.29. The van der Waals surface area contributed by atoms with Gasteiger partial charge in [-0.15, -0.1) is 0 Å². The van der Waals surface area contributed by atoms with E-state index in [2.05, 4.69) is 17.9 Å². The van der Waals surface area contributed by atoms with Crippen LogP contribution >= 0.6 is 23.2 Å². The number of rotatable bonds is 3. The van der Waals surface area contributed by atoms with Gasteiger partial charge in [-0.3, -0.25) is 0 Å². The maximum absolute atomic E-state index is 10.6. The number of carboxylic acids is 1. The van der Waals surface area contributed by atoms with Crippen LogP contribution in [-0.4, -0.2) is 24.2 Å². The number of carboxylic acid groups (broad SMARTS) is 1. The Morgan fingerprint density at radius 3 is 1.93 bits per heavy atom. The van der Waals surface area contributed by atoms with Crippen molar-refractivity contribution in [1.29, 1.82) is 0 Å². The van der Waals surface area contributed by atoms with Gasteiger partial charge < -0.3 is 9.84 Å². The molecular formula is C9H10Cl2O4. The molecular weight excluding hydrogens is 243 g/mol. The summed E-state index contributed by atoms with van der Waals surface area (Å²) in [5, 5.41) is 8.14. The summed E-state index contributed by atoms with van der Waals surface area (Å²) in [4.78, 5) is 20.5. The van der Waals surface area contributed by atoms with Crippen molar-refractivity contribution in [2.45, 2.75) is 0 Å². The van der Waals surface area contributed by atoms with Gasteiger partial charge in [-0.1, -0.05) is 36.4 Å². The number of hydrogen-bond donors (Lipinski definition) is 1. The molecule has 0 aromatic carbocycles. The Hall–Kier alpha value is -1.26. The van der Waals surface area contributed by atoms with E-state index in [9.17, 15) is 9.59 Å². The first-order chi connectivity index (χ1) is 6.81. The third-order valence-corrected chi connectivity index (χ3v) is 0.875.